The van der Waals surface area contributed by atoms with Gasteiger partial charge in [-0.25, -0.2) is 4.68 Å². The average molecular weight is 524 g/mol. The Morgan fingerprint density at radius 2 is 1.89 bits per heavy atom. The summed E-state index contributed by atoms with van der Waals surface area (Å²) in [6.45, 7) is 10.0. The number of hydrogen-bond acceptors (Lipinski definition) is 6. The number of esters is 1. The molecule has 0 aliphatic carbocycles. The molecule has 11 heteroatoms. The zero-order valence-electron chi connectivity index (χ0n) is 22.2. The number of aromatic nitrogens is 2. The van der Waals surface area contributed by atoms with Gasteiger partial charge in [0.25, 0.3) is 0 Å². The molecule has 1 atom stereocenters. The summed E-state index contributed by atoms with van der Waals surface area (Å²) in [7, 11) is -1.00. The van der Waals surface area contributed by atoms with Gasteiger partial charge in [0.05, 0.1) is 35.1 Å². The molecule has 0 radical (unpaired) electrons. The highest BCUT2D eigenvalue weighted by Crippen LogP contribution is 2.40. The minimum absolute atomic E-state index is 0.106. The molecule has 2 aliphatic rings. The number of unbranched alkanes of at least 4 members (excludes halogenated alkanes) is 1. The van der Waals surface area contributed by atoms with Gasteiger partial charge < -0.3 is 18.8 Å². The molecule has 1 unspecified atom stereocenters. The largest absolute Gasteiger partial charge is 0.495 e. The summed E-state index contributed by atoms with van der Waals surface area (Å²) in [5.74, 6) is -0.353. The first-order chi connectivity index (χ1) is 17.4. The van der Waals surface area contributed by atoms with E-state index in [9.17, 15) is 18.0 Å². The molecule has 0 saturated carbocycles. The second kappa shape index (κ2) is 10.6. The summed E-state index contributed by atoms with van der Waals surface area (Å²) < 4.78 is 68.5. The monoisotopic (exact) mass is 524 g/mol. The standard InChI is InChI=1S/C26H36BF3N2O5/c1-6-34-22(33)13-8-7-11-17-19(26(28,29)30)15-20-18(16-31-32(20)21-12-9-10-14-35-21)23(17)27-36-24(2,3)25(4,5)37-27/h15-16,21H,6-14H2,1-5H3. The highest BCUT2D eigenvalue weighted by Gasteiger charge is 2.53. The van der Waals surface area contributed by atoms with Gasteiger partial charge in [0, 0.05) is 18.4 Å². The smallest absolute Gasteiger partial charge is 0.466 e. The number of halogens is 3. The fourth-order valence-electron chi connectivity index (χ4n) is 4.96. The Hall–Kier alpha value is -2.11. The zero-order chi connectivity index (χ0) is 27.0. The quantitative estimate of drug-likeness (QED) is 0.264. The number of rotatable bonds is 8. The highest BCUT2D eigenvalue weighted by molar-refractivity contribution is 6.65. The van der Waals surface area contributed by atoms with Gasteiger partial charge >= 0.3 is 19.3 Å². The molecular formula is C26H36BF3N2O5. The molecule has 4 rings (SSSR count). The molecule has 7 nitrogen and oxygen atoms in total. The predicted molar refractivity (Wildman–Crippen MR) is 133 cm³/mol. The zero-order valence-corrected chi connectivity index (χ0v) is 22.2. The van der Waals surface area contributed by atoms with Gasteiger partial charge in [0.2, 0.25) is 0 Å². The van der Waals surface area contributed by atoms with Crippen molar-refractivity contribution in [2.24, 2.45) is 0 Å². The third-order valence-electron chi connectivity index (χ3n) is 7.64. The van der Waals surface area contributed by atoms with Crippen LogP contribution in [0.25, 0.3) is 10.9 Å². The van der Waals surface area contributed by atoms with Gasteiger partial charge in [-0.05, 0) is 90.2 Å². The molecular weight excluding hydrogens is 488 g/mol. The first kappa shape index (κ1) is 27.9. The molecule has 2 saturated heterocycles. The molecule has 37 heavy (non-hydrogen) atoms. The minimum Gasteiger partial charge on any atom is -0.466 e. The van der Waals surface area contributed by atoms with Gasteiger partial charge in [-0.15, -0.1) is 0 Å². The third kappa shape index (κ3) is 5.68. The van der Waals surface area contributed by atoms with E-state index >= 15 is 0 Å². The molecule has 0 spiro atoms. The second-order valence-corrected chi connectivity index (χ2v) is 10.8. The Balaban J connectivity index is 1.81. The maximum Gasteiger partial charge on any atom is 0.495 e. The van der Waals surface area contributed by atoms with Crippen LogP contribution in [-0.2, 0) is 36.2 Å². The van der Waals surface area contributed by atoms with Crippen molar-refractivity contribution in [1.82, 2.24) is 9.78 Å². The topological polar surface area (TPSA) is 71.8 Å². The second-order valence-electron chi connectivity index (χ2n) is 10.8. The number of benzene rings is 1. The van der Waals surface area contributed by atoms with Crippen molar-refractivity contribution in [2.45, 2.75) is 103 Å². The number of alkyl halides is 3. The first-order valence-electron chi connectivity index (χ1n) is 13.1. The van der Waals surface area contributed by atoms with Crippen LogP contribution in [0.5, 0.6) is 0 Å². The van der Waals surface area contributed by atoms with E-state index in [1.807, 2.05) is 27.7 Å². The van der Waals surface area contributed by atoms with E-state index in [0.717, 1.165) is 12.8 Å². The van der Waals surface area contributed by atoms with Gasteiger partial charge in [0.15, 0.2) is 6.23 Å². The van der Waals surface area contributed by atoms with E-state index in [4.69, 9.17) is 18.8 Å². The van der Waals surface area contributed by atoms with Crippen LogP contribution in [0, 0.1) is 0 Å². The van der Waals surface area contributed by atoms with Gasteiger partial charge in [-0.2, -0.15) is 18.3 Å². The molecule has 1 aromatic carbocycles. The van der Waals surface area contributed by atoms with E-state index in [1.54, 1.807) is 17.8 Å². The molecule has 3 heterocycles. The summed E-state index contributed by atoms with van der Waals surface area (Å²) in [4.78, 5) is 11.8. The van der Waals surface area contributed by atoms with Crippen LogP contribution in [0.1, 0.15) is 90.5 Å². The summed E-state index contributed by atoms with van der Waals surface area (Å²) in [5.41, 5.74) is -1.39. The van der Waals surface area contributed by atoms with Crippen molar-refractivity contribution in [3.05, 3.63) is 23.4 Å². The summed E-state index contributed by atoms with van der Waals surface area (Å²) in [5, 5.41) is 5.04. The Labute approximate surface area is 216 Å². The number of carbonyl (C=O) groups is 1. The van der Waals surface area contributed by atoms with E-state index in [2.05, 4.69) is 5.10 Å². The van der Waals surface area contributed by atoms with Gasteiger partial charge in [-0.3, -0.25) is 4.79 Å². The number of nitrogens with zero attached hydrogens (tertiary/aromatic N) is 2. The van der Waals surface area contributed by atoms with Crippen LogP contribution in [0.2, 0.25) is 0 Å². The van der Waals surface area contributed by atoms with Crippen molar-refractivity contribution in [2.75, 3.05) is 13.2 Å². The molecule has 2 aliphatic heterocycles. The van der Waals surface area contributed by atoms with Crippen LogP contribution < -0.4 is 5.46 Å². The first-order valence-corrected chi connectivity index (χ1v) is 13.1. The van der Waals surface area contributed by atoms with Crippen molar-refractivity contribution in [1.29, 1.82) is 0 Å². The Morgan fingerprint density at radius 1 is 1.19 bits per heavy atom. The lowest BCUT2D eigenvalue weighted by atomic mass is 9.71. The van der Waals surface area contributed by atoms with Gasteiger partial charge in [0.1, 0.15) is 0 Å². The van der Waals surface area contributed by atoms with Gasteiger partial charge in [-0.1, -0.05) is 0 Å². The van der Waals surface area contributed by atoms with Crippen LogP contribution in [0.3, 0.4) is 0 Å². The van der Waals surface area contributed by atoms with Crippen LogP contribution >= 0.6 is 0 Å². The number of carbonyl (C=O) groups excluding carboxylic acids is 1. The molecule has 0 N–H and O–H groups in total. The van der Waals surface area contributed by atoms with Crippen LogP contribution in [0.4, 0.5) is 13.2 Å². The lowest BCUT2D eigenvalue weighted by Gasteiger charge is -2.32. The molecule has 2 fully saturated rings. The average Bonchev–Trinajstić information content (AvgIpc) is 3.33. The lowest BCUT2D eigenvalue weighted by Crippen LogP contribution is -2.41. The molecule has 0 amide bonds. The van der Waals surface area contributed by atoms with Crippen LogP contribution in [-0.4, -0.2) is 47.3 Å². The van der Waals surface area contributed by atoms with Crippen molar-refractivity contribution in [3.63, 3.8) is 0 Å². The van der Waals surface area contributed by atoms with Crippen LogP contribution in [0.15, 0.2) is 12.3 Å². The SMILES string of the molecule is CCOC(=O)CCCCc1c(C(F)(F)F)cc2c(cnn2C2CCCCO2)c1B1OC(C)(C)C(C)(C)O1. The Bertz CT molecular complexity index is 1110. The van der Waals surface area contributed by atoms with E-state index in [-0.39, 0.29) is 31.0 Å². The minimum atomic E-state index is -4.61. The van der Waals surface area contributed by atoms with E-state index in [0.29, 0.717) is 42.2 Å². The Kier molecular flexibility index (Phi) is 7.98. The number of fused-ring (bicyclic) bond motifs is 1. The summed E-state index contributed by atoms with van der Waals surface area (Å²) in [6.07, 6.45) is 0.121. The highest BCUT2D eigenvalue weighted by atomic mass is 19.4. The predicted octanol–water partition coefficient (Wildman–Crippen LogP) is 5.33. The van der Waals surface area contributed by atoms with Crippen molar-refractivity contribution >= 4 is 29.5 Å². The molecule has 0 bridgehead atoms. The fraction of sp³-hybridized carbons (Fsp3) is 0.692. The fourth-order valence-corrected chi connectivity index (χ4v) is 4.96. The van der Waals surface area contributed by atoms with Crippen molar-refractivity contribution in [3.8, 4) is 0 Å². The van der Waals surface area contributed by atoms with E-state index in [1.165, 1.54) is 6.07 Å². The lowest BCUT2D eigenvalue weighted by molar-refractivity contribution is -0.143. The molecule has 204 valence electrons. The third-order valence-corrected chi connectivity index (χ3v) is 7.64. The maximum atomic E-state index is 14.5. The summed E-state index contributed by atoms with van der Waals surface area (Å²) in [6, 6.07) is 1.18. The normalized spacial score (nSPS) is 21.5. The number of hydrogen-bond donors (Lipinski definition) is 0. The molecule has 2 aromatic rings. The van der Waals surface area contributed by atoms with Crippen molar-refractivity contribution < 1.29 is 36.7 Å². The maximum absolute atomic E-state index is 14.5. The van der Waals surface area contributed by atoms with E-state index < -0.39 is 36.3 Å². The Morgan fingerprint density at radius 3 is 2.49 bits per heavy atom. The number of ether oxygens (including phenoxy) is 2. The summed E-state index contributed by atoms with van der Waals surface area (Å²) >= 11 is 0. The molecule has 1 aromatic heterocycles.